The van der Waals surface area contributed by atoms with Gasteiger partial charge >= 0.3 is 0 Å². The number of nitro groups is 1. The summed E-state index contributed by atoms with van der Waals surface area (Å²) in [6.07, 6.45) is 0.477. The number of benzene rings is 2. The van der Waals surface area contributed by atoms with Crippen molar-refractivity contribution in [2.45, 2.75) is 11.3 Å². The van der Waals surface area contributed by atoms with Gasteiger partial charge in [0.1, 0.15) is 0 Å². The summed E-state index contributed by atoms with van der Waals surface area (Å²) in [5.41, 5.74) is 1.07. The van der Waals surface area contributed by atoms with Gasteiger partial charge in [0.25, 0.3) is 11.6 Å². The Balaban J connectivity index is 1.76. The third-order valence-electron chi connectivity index (χ3n) is 4.29. The molecule has 0 aromatic heterocycles. The van der Waals surface area contributed by atoms with E-state index in [9.17, 15) is 23.3 Å². The van der Waals surface area contributed by atoms with Crippen LogP contribution in [0.15, 0.2) is 41.3 Å². The van der Waals surface area contributed by atoms with Crippen molar-refractivity contribution in [1.29, 1.82) is 0 Å². The van der Waals surface area contributed by atoms with Crippen LogP contribution in [0.3, 0.4) is 0 Å². The minimum atomic E-state index is -3.82. The van der Waals surface area contributed by atoms with Crippen LogP contribution in [0.4, 0.5) is 11.4 Å². The van der Waals surface area contributed by atoms with E-state index in [1.165, 1.54) is 48.4 Å². The minimum Gasteiger partial charge on any atom is -0.493 e. The molecule has 148 valence electrons. The highest BCUT2D eigenvalue weighted by Crippen LogP contribution is 2.32. The smallest absolute Gasteiger partial charge is 0.273 e. The second-order valence-corrected chi connectivity index (χ2v) is 7.57. The molecule has 0 atom stereocenters. The second-order valence-electron chi connectivity index (χ2n) is 6.01. The average Bonchev–Trinajstić information content (AvgIpc) is 3.08. The van der Waals surface area contributed by atoms with E-state index in [1.807, 2.05) is 0 Å². The SMILES string of the molecule is COc1ccc([N+](=O)[O-])cc1OCC(=O)N1CCc2cc(S(N)(=O)=O)ccc21. The fourth-order valence-electron chi connectivity index (χ4n) is 2.92. The molecule has 1 aliphatic heterocycles. The number of carbonyl (C=O) groups excluding carboxylic acids is 1. The standard InChI is InChI=1S/C17H17N3O7S/c1-26-15-5-2-12(20(22)23)9-16(15)27-10-17(21)19-7-6-11-8-13(28(18,24)25)3-4-14(11)19/h2-5,8-9H,6-7,10H2,1H3,(H2,18,24,25). The first kappa shape index (κ1) is 19.6. The van der Waals surface area contributed by atoms with Crippen LogP contribution in [0.2, 0.25) is 0 Å². The molecule has 1 heterocycles. The maximum atomic E-state index is 12.6. The molecule has 1 aliphatic rings. The maximum absolute atomic E-state index is 12.6. The third kappa shape index (κ3) is 3.89. The van der Waals surface area contributed by atoms with Crippen molar-refractivity contribution in [3.05, 3.63) is 52.1 Å². The van der Waals surface area contributed by atoms with Crippen LogP contribution in [-0.2, 0) is 21.2 Å². The number of ether oxygens (including phenoxy) is 2. The number of sulfonamides is 1. The summed E-state index contributed by atoms with van der Waals surface area (Å²) in [5.74, 6) is -0.0391. The van der Waals surface area contributed by atoms with Gasteiger partial charge in [0.05, 0.1) is 23.0 Å². The van der Waals surface area contributed by atoms with Gasteiger partial charge in [0, 0.05) is 18.3 Å². The van der Waals surface area contributed by atoms with E-state index < -0.39 is 14.9 Å². The molecule has 0 fully saturated rings. The molecule has 0 bridgehead atoms. The lowest BCUT2D eigenvalue weighted by Gasteiger charge is -2.18. The number of primary sulfonamides is 1. The molecule has 2 aromatic carbocycles. The predicted octanol–water partition coefficient (Wildman–Crippen LogP) is 1.22. The van der Waals surface area contributed by atoms with Gasteiger partial charge in [-0.05, 0) is 36.2 Å². The summed E-state index contributed by atoms with van der Waals surface area (Å²) in [6, 6.07) is 8.15. The summed E-state index contributed by atoms with van der Waals surface area (Å²) >= 11 is 0. The van der Waals surface area contributed by atoms with Gasteiger partial charge in [0.15, 0.2) is 18.1 Å². The third-order valence-corrected chi connectivity index (χ3v) is 5.20. The first-order chi connectivity index (χ1) is 13.2. The monoisotopic (exact) mass is 407 g/mol. The Morgan fingerprint density at radius 1 is 1.25 bits per heavy atom. The zero-order valence-corrected chi connectivity index (χ0v) is 15.6. The van der Waals surface area contributed by atoms with E-state index in [1.54, 1.807) is 0 Å². The number of anilines is 1. The zero-order valence-electron chi connectivity index (χ0n) is 14.8. The number of hydrogen-bond acceptors (Lipinski definition) is 7. The number of nitro benzene ring substituents is 1. The van der Waals surface area contributed by atoms with Crippen molar-refractivity contribution in [2.75, 3.05) is 25.2 Å². The maximum Gasteiger partial charge on any atom is 0.273 e. The molecule has 3 rings (SSSR count). The number of nitrogens with zero attached hydrogens (tertiary/aromatic N) is 2. The van der Waals surface area contributed by atoms with Crippen LogP contribution in [0.1, 0.15) is 5.56 Å². The van der Waals surface area contributed by atoms with Crippen molar-refractivity contribution < 1.29 is 27.6 Å². The Morgan fingerprint density at radius 3 is 2.64 bits per heavy atom. The highest BCUT2D eigenvalue weighted by molar-refractivity contribution is 7.89. The molecule has 2 aromatic rings. The molecular weight excluding hydrogens is 390 g/mol. The number of hydrogen-bond donors (Lipinski definition) is 1. The molecule has 2 N–H and O–H groups in total. The van der Waals surface area contributed by atoms with Gasteiger partial charge in [-0.1, -0.05) is 0 Å². The molecule has 0 saturated carbocycles. The second kappa shape index (κ2) is 7.44. The quantitative estimate of drug-likeness (QED) is 0.560. The number of carbonyl (C=O) groups is 1. The highest BCUT2D eigenvalue weighted by atomic mass is 32.2. The molecule has 0 saturated heterocycles. The van der Waals surface area contributed by atoms with E-state index in [0.29, 0.717) is 24.2 Å². The van der Waals surface area contributed by atoms with Crippen LogP contribution < -0.4 is 19.5 Å². The molecule has 0 radical (unpaired) electrons. The largest absolute Gasteiger partial charge is 0.493 e. The van der Waals surface area contributed by atoms with Crippen molar-refractivity contribution in [3.63, 3.8) is 0 Å². The van der Waals surface area contributed by atoms with Crippen LogP contribution >= 0.6 is 0 Å². The molecular formula is C17H17N3O7S. The van der Waals surface area contributed by atoms with E-state index in [-0.39, 0.29) is 34.6 Å². The average molecular weight is 407 g/mol. The zero-order chi connectivity index (χ0) is 20.5. The molecule has 0 aliphatic carbocycles. The fourth-order valence-corrected chi connectivity index (χ4v) is 3.49. The summed E-state index contributed by atoms with van der Waals surface area (Å²) < 4.78 is 33.5. The van der Waals surface area contributed by atoms with Crippen molar-refractivity contribution in [1.82, 2.24) is 0 Å². The lowest BCUT2D eigenvalue weighted by atomic mass is 10.2. The number of methoxy groups -OCH3 is 1. The molecule has 1 amide bonds. The number of rotatable bonds is 6. The molecule has 0 unspecified atom stereocenters. The summed E-state index contributed by atoms with van der Waals surface area (Å²) in [4.78, 5) is 24.4. The van der Waals surface area contributed by atoms with Gasteiger partial charge in [-0.3, -0.25) is 14.9 Å². The lowest BCUT2D eigenvalue weighted by molar-refractivity contribution is -0.385. The normalized spacial score (nSPS) is 13.1. The summed E-state index contributed by atoms with van der Waals surface area (Å²) in [5, 5.41) is 16.0. The Labute approximate surface area is 160 Å². The Bertz CT molecular complexity index is 1050. The topological polar surface area (TPSA) is 142 Å². The number of nitrogens with two attached hydrogens (primary N) is 1. The fraction of sp³-hybridized carbons (Fsp3) is 0.235. The van der Waals surface area contributed by atoms with E-state index in [0.717, 1.165) is 0 Å². The highest BCUT2D eigenvalue weighted by Gasteiger charge is 2.26. The predicted molar refractivity (Wildman–Crippen MR) is 99.0 cm³/mol. The summed E-state index contributed by atoms with van der Waals surface area (Å²) in [7, 11) is -2.44. The van der Waals surface area contributed by atoms with Crippen LogP contribution in [0.5, 0.6) is 11.5 Å². The van der Waals surface area contributed by atoms with Gasteiger partial charge in [-0.15, -0.1) is 0 Å². The van der Waals surface area contributed by atoms with Crippen molar-refractivity contribution in [2.24, 2.45) is 5.14 Å². The Kier molecular flexibility index (Phi) is 5.21. The van der Waals surface area contributed by atoms with E-state index >= 15 is 0 Å². The number of non-ortho nitro benzene ring substituents is 1. The van der Waals surface area contributed by atoms with Crippen molar-refractivity contribution in [3.8, 4) is 11.5 Å². The Hall–Kier alpha value is -3.18. The first-order valence-electron chi connectivity index (χ1n) is 8.12. The Morgan fingerprint density at radius 2 is 2.00 bits per heavy atom. The van der Waals surface area contributed by atoms with Gasteiger partial charge in [-0.25, -0.2) is 13.6 Å². The van der Waals surface area contributed by atoms with Gasteiger partial charge in [-0.2, -0.15) is 0 Å². The van der Waals surface area contributed by atoms with Crippen LogP contribution in [0.25, 0.3) is 0 Å². The van der Waals surface area contributed by atoms with Gasteiger partial charge in [0.2, 0.25) is 10.0 Å². The number of amides is 1. The molecule has 28 heavy (non-hydrogen) atoms. The molecule has 10 nitrogen and oxygen atoms in total. The molecule has 11 heteroatoms. The summed E-state index contributed by atoms with van der Waals surface area (Å²) in [6.45, 7) is -0.00836. The van der Waals surface area contributed by atoms with E-state index in [2.05, 4.69) is 0 Å². The first-order valence-corrected chi connectivity index (χ1v) is 9.66. The molecule has 0 spiro atoms. The lowest BCUT2D eigenvalue weighted by Crippen LogP contribution is -2.33. The van der Waals surface area contributed by atoms with Crippen LogP contribution in [-0.4, -0.2) is 39.5 Å². The minimum absolute atomic E-state index is 0.0156. The van der Waals surface area contributed by atoms with Crippen molar-refractivity contribution >= 4 is 27.3 Å². The van der Waals surface area contributed by atoms with Crippen LogP contribution in [0, 0.1) is 10.1 Å². The number of fused-ring (bicyclic) bond motifs is 1. The van der Waals surface area contributed by atoms with Gasteiger partial charge < -0.3 is 14.4 Å². The van der Waals surface area contributed by atoms with E-state index in [4.69, 9.17) is 14.6 Å².